The molecule has 1 aromatic rings. The predicted molar refractivity (Wildman–Crippen MR) is 78.3 cm³/mol. The highest BCUT2D eigenvalue weighted by atomic mass is 79.9. The van der Waals surface area contributed by atoms with Gasteiger partial charge in [0.2, 0.25) is 5.91 Å². The molecule has 1 fully saturated rings. The Bertz CT molecular complexity index is 561. The van der Waals surface area contributed by atoms with E-state index in [-0.39, 0.29) is 24.5 Å². The largest absolute Gasteiger partial charge is 0.353 e. The fourth-order valence-electron chi connectivity index (χ4n) is 2.81. The van der Waals surface area contributed by atoms with E-state index < -0.39 is 0 Å². The summed E-state index contributed by atoms with van der Waals surface area (Å²) in [5, 5.41) is 5.76. The zero-order valence-electron chi connectivity index (χ0n) is 11.0. The first-order chi connectivity index (χ1) is 9.65. The third-order valence-electron chi connectivity index (χ3n) is 3.84. The SMILES string of the molecule is O=C1CN(C(=O)NC2CCc3c(Br)cccc32)CCN1. The molecule has 0 aromatic heterocycles. The van der Waals surface area contributed by atoms with Crippen molar-refractivity contribution in [3.8, 4) is 0 Å². The van der Waals surface area contributed by atoms with Gasteiger partial charge in [0.05, 0.1) is 6.04 Å². The number of nitrogens with one attached hydrogen (secondary N) is 2. The first-order valence-corrected chi connectivity index (χ1v) is 7.54. The first-order valence-electron chi connectivity index (χ1n) is 6.74. The van der Waals surface area contributed by atoms with E-state index in [1.807, 2.05) is 12.1 Å². The van der Waals surface area contributed by atoms with Crippen LogP contribution in [0.4, 0.5) is 4.79 Å². The third kappa shape index (κ3) is 2.52. The van der Waals surface area contributed by atoms with Crippen LogP contribution in [0.1, 0.15) is 23.6 Å². The van der Waals surface area contributed by atoms with Crippen LogP contribution in [-0.4, -0.2) is 36.5 Å². The number of amides is 3. The van der Waals surface area contributed by atoms with E-state index >= 15 is 0 Å². The highest BCUT2D eigenvalue weighted by Gasteiger charge is 2.28. The van der Waals surface area contributed by atoms with Gasteiger partial charge in [-0.05, 0) is 30.0 Å². The molecule has 1 heterocycles. The third-order valence-corrected chi connectivity index (χ3v) is 4.58. The first kappa shape index (κ1) is 13.4. The Labute approximate surface area is 125 Å². The molecule has 0 spiro atoms. The Kier molecular flexibility index (Phi) is 3.65. The molecule has 1 aliphatic carbocycles. The van der Waals surface area contributed by atoms with Gasteiger partial charge in [0.25, 0.3) is 0 Å². The van der Waals surface area contributed by atoms with Crippen LogP contribution in [0.25, 0.3) is 0 Å². The highest BCUT2D eigenvalue weighted by Crippen LogP contribution is 2.35. The van der Waals surface area contributed by atoms with Crippen LogP contribution in [0.15, 0.2) is 22.7 Å². The van der Waals surface area contributed by atoms with Crippen molar-refractivity contribution in [3.05, 3.63) is 33.8 Å². The zero-order valence-corrected chi connectivity index (χ0v) is 12.6. The Balaban J connectivity index is 1.69. The Morgan fingerprint density at radius 2 is 2.30 bits per heavy atom. The molecule has 1 saturated heterocycles. The van der Waals surface area contributed by atoms with Crippen molar-refractivity contribution in [3.63, 3.8) is 0 Å². The molecule has 2 N–H and O–H groups in total. The normalized spacial score (nSPS) is 21.4. The van der Waals surface area contributed by atoms with Crippen LogP contribution in [0.2, 0.25) is 0 Å². The van der Waals surface area contributed by atoms with E-state index in [4.69, 9.17) is 0 Å². The van der Waals surface area contributed by atoms with Crippen LogP contribution in [-0.2, 0) is 11.2 Å². The monoisotopic (exact) mass is 337 g/mol. The maximum Gasteiger partial charge on any atom is 0.318 e. The molecule has 3 rings (SSSR count). The average Bonchev–Trinajstić information content (AvgIpc) is 2.83. The zero-order chi connectivity index (χ0) is 14.1. The van der Waals surface area contributed by atoms with Gasteiger partial charge in [-0.25, -0.2) is 4.79 Å². The molecule has 0 bridgehead atoms. The number of nitrogens with zero attached hydrogens (tertiary/aromatic N) is 1. The molecular formula is C14H16BrN3O2. The number of hydrogen-bond donors (Lipinski definition) is 2. The molecule has 1 aliphatic heterocycles. The minimum atomic E-state index is -0.155. The van der Waals surface area contributed by atoms with Crippen molar-refractivity contribution >= 4 is 27.9 Å². The lowest BCUT2D eigenvalue weighted by Crippen LogP contribution is -2.53. The number of hydrogen-bond acceptors (Lipinski definition) is 2. The number of fused-ring (bicyclic) bond motifs is 1. The van der Waals surface area contributed by atoms with E-state index in [0.717, 1.165) is 17.3 Å². The smallest absolute Gasteiger partial charge is 0.318 e. The summed E-state index contributed by atoms with van der Waals surface area (Å²) in [5.74, 6) is -0.0963. The molecule has 106 valence electrons. The van der Waals surface area contributed by atoms with Crippen molar-refractivity contribution in [2.45, 2.75) is 18.9 Å². The van der Waals surface area contributed by atoms with Gasteiger partial charge < -0.3 is 15.5 Å². The number of benzene rings is 1. The van der Waals surface area contributed by atoms with Crippen LogP contribution in [0.3, 0.4) is 0 Å². The van der Waals surface area contributed by atoms with E-state index in [1.165, 1.54) is 11.1 Å². The molecule has 2 aliphatic rings. The second-order valence-corrected chi connectivity index (χ2v) is 5.97. The van der Waals surface area contributed by atoms with Gasteiger partial charge >= 0.3 is 6.03 Å². The van der Waals surface area contributed by atoms with E-state index in [0.29, 0.717) is 13.1 Å². The van der Waals surface area contributed by atoms with E-state index in [2.05, 4.69) is 32.6 Å². The minimum Gasteiger partial charge on any atom is -0.353 e. The summed E-state index contributed by atoms with van der Waals surface area (Å²) in [6.07, 6.45) is 1.87. The summed E-state index contributed by atoms with van der Waals surface area (Å²) in [7, 11) is 0. The van der Waals surface area contributed by atoms with Crippen molar-refractivity contribution in [2.75, 3.05) is 19.6 Å². The molecule has 6 heteroatoms. The van der Waals surface area contributed by atoms with Crippen LogP contribution >= 0.6 is 15.9 Å². The maximum absolute atomic E-state index is 12.2. The quantitative estimate of drug-likeness (QED) is 0.817. The summed E-state index contributed by atoms with van der Waals surface area (Å²) in [6.45, 7) is 1.23. The van der Waals surface area contributed by atoms with Crippen molar-refractivity contribution < 1.29 is 9.59 Å². The fraction of sp³-hybridized carbons (Fsp3) is 0.429. The summed E-state index contributed by atoms with van der Waals surface area (Å²) < 4.78 is 1.10. The Morgan fingerprint density at radius 3 is 3.10 bits per heavy atom. The lowest BCUT2D eigenvalue weighted by atomic mass is 10.1. The number of carbonyl (C=O) groups is 2. The summed E-state index contributed by atoms with van der Waals surface area (Å²) in [6, 6.07) is 5.96. The lowest BCUT2D eigenvalue weighted by molar-refractivity contribution is -0.123. The van der Waals surface area contributed by atoms with Crippen LogP contribution < -0.4 is 10.6 Å². The maximum atomic E-state index is 12.2. The molecule has 0 saturated carbocycles. The molecule has 20 heavy (non-hydrogen) atoms. The molecule has 1 atom stereocenters. The van der Waals surface area contributed by atoms with Crippen molar-refractivity contribution in [2.24, 2.45) is 0 Å². The Morgan fingerprint density at radius 1 is 1.45 bits per heavy atom. The number of urea groups is 1. The number of carbonyl (C=O) groups excluding carboxylic acids is 2. The van der Waals surface area contributed by atoms with Gasteiger partial charge in [0.1, 0.15) is 6.54 Å². The number of piperazine rings is 1. The van der Waals surface area contributed by atoms with Crippen LogP contribution in [0, 0.1) is 0 Å². The van der Waals surface area contributed by atoms with Gasteiger partial charge in [-0.15, -0.1) is 0 Å². The molecule has 3 amide bonds. The van der Waals surface area contributed by atoms with Crippen molar-refractivity contribution in [1.29, 1.82) is 0 Å². The van der Waals surface area contributed by atoms with Gasteiger partial charge in [-0.1, -0.05) is 28.1 Å². The summed E-state index contributed by atoms with van der Waals surface area (Å²) >= 11 is 3.55. The van der Waals surface area contributed by atoms with E-state index in [9.17, 15) is 9.59 Å². The van der Waals surface area contributed by atoms with Gasteiger partial charge in [-0.3, -0.25) is 4.79 Å². The Hall–Kier alpha value is -1.56. The molecule has 5 nitrogen and oxygen atoms in total. The van der Waals surface area contributed by atoms with Gasteiger partial charge in [-0.2, -0.15) is 0 Å². The van der Waals surface area contributed by atoms with E-state index in [1.54, 1.807) is 4.90 Å². The second kappa shape index (κ2) is 5.44. The number of rotatable bonds is 1. The molecular weight excluding hydrogens is 322 g/mol. The van der Waals surface area contributed by atoms with Gasteiger partial charge in [0.15, 0.2) is 0 Å². The summed E-state index contributed by atoms with van der Waals surface area (Å²) in [4.78, 5) is 25.1. The fourth-order valence-corrected chi connectivity index (χ4v) is 3.39. The standard InChI is InChI=1S/C14H16BrN3O2/c15-11-3-1-2-10-9(11)4-5-12(10)17-14(20)18-7-6-16-13(19)8-18/h1-3,12H,4-8H2,(H,16,19)(H,17,20). The topological polar surface area (TPSA) is 61.4 Å². The predicted octanol–water partition coefficient (Wildman–Crippen LogP) is 1.58. The lowest BCUT2D eigenvalue weighted by Gasteiger charge is -2.28. The van der Waals surface area contributed by atoms with Gasteiger partial charge in [0, 0.05) is 17.6 Å². The highest BCUT2D eigenvalue weighted by molar-refractivity contribution is 9.10. The molecule has 1 unspecified atom stereocenters. The molecule has 1 aromatic carbocycles. The van der Waals surface area contributed by atoms with Crippen LogP contribution in [0.5, 0.6) is 0 Å². The van der Waals surface area contributed by atoms with Crippen molar-refractivity contribution in [1.82, 2.24) is 15.5 Å². The molecule has 0 radical (unpaired) electrons. The number of halogens is 1. The minimum absolute atomic E-state index is 0.0417. The summed E-state index contributed by atoms with van der Waals surface area (Å²) in [5.41, 5.74) is 2.45. The second-order valence-electron chi connectivity index (χ2n) is 5.12. The average molecular weight is 338 g/mol.